The van der Waals surface area contributed by atoms with Gasteiger partial charge in [0.1, 0.15) is 0 Å². The van der Waals surface area contributed by atoms with E-state index in [-0.39, 0.29) is 5.41 Å². The number of rotatable bonds is 6. The third-order valence-corrected chi connectivity index (χ3v) is 14.6. The Hall–Kier alpha value is -8.40. The van der Waals surface area contributed by atoms with Crippen molar-refractivity contribution in [1.82, 2.24) is 4.40 Å². The number of nitrogens with zero attached hydrogens (tertiary/aromatic N) is 3. The second kappa shape index (κ2) is 13.8. The van der Waals surface area contributed by atoms with Gasteiger partial charge < -0.3 is 14.2 Å². The van der Waals surface area contributed by atoms with Crippen LogP contribution in [0.1, 0.15) is 25.0 Å². The average Bonchev–Trinajstić information content (AvgIpc) is 3.96. The third kappa shape index (κ3) is 5.14. The zero-order chi connectivity index (χ0) is 43.7. The van der Waals surface area contributed by atoms with Crippen LogP contribution in [0.5, 0.6) is 0 Å². The summed E-state index contributed by atoms with van der Waals surface area (Å²) in [7, 11) is 0. The van der Waals surface area contributed by atoms with Crippen LogP contribution in [0.15, 0.2) is 224 Å². The molecule has 0 bridgehead atoms. The van der Waals surface area contributed by atoms with Gasteiger partial charge in [0.2, 0.25) is 0 Å². The highest BCUT2D eigenvalue weighted by molar-refractivity contribution is 6.29. The van der Waals surface area contributed by atoms with Crippen molar-refractivity contribution in [1.29, 1.82) is 0 Å². The fraction of sp³-hybridized carbons (Fsp3) is 0.0476. The first kappa shape index (κ1) is 37.0. The summed E-state index contributed by atoms with van der Waals surface area (Å²) < 4.78 is 2.54. The van der Waals surface area contributed by atoms with E-state index in [1.165, 1.54) is 104 Å². The van der Waals surface area contributed by atoms with Gasteiger partial charge in [-0.25, -0.2) is 0 Å². The highest BCUT2D eigenvalue weighted by Crippen LogP contribution is 2.55. The van der Waals surface area contributed by atoms with Crippen LogP contribution in [0.4, 0.5) is 34.1 Å². The molecule has 0 N–H and O–H groups in total. The van der Waals surface area contributed by atoms with Crippen LogP contribution in [0.2, 0.25) is 0 Å². The first-order valence-electron chi connectivity index (χ1n) is 23.0. The Balaban J connectivity index is 0.997. The zero-order valence-electron chi connectivity index (χ0n) is 36.7. The van der Waals surface area contributed by atoms with E-state index in [2.05, 4.69) is 253 Å². The molecule has 0 amide bonds. The highest BCUT2D eigenvalue weighted by Gasteiger charge is 2.37. The lowest BCUT2D eigenvalue weighted by atomic mass is 9.82. The van der Waals surface area contributed by atoms with Gasteiger partial charge in [0.05, 0.1) is 33.6 Å². The molecule has 11 aromatic carbocycles. The van der Waals surface area contributed by atoms with Gasteiger partial charge in [0, 0.05) is 54.8 Å². The first-order valence-corrected chi connectivity index (χ1v) is 23.0. The third-order valence-electron chi connectivity index (χ3n) is 14.6. The van der Waals surface area contributed by atoms with E-state index in [4.69, 9.17) is 0 Å². The van der Waals surface area contributed by atoms with Crippen molar-refractivity contribution in [3.05, 3.63) is 236 Å². The topological polar surface area (TPSA) is 10.9 Å². The monoisotopic (exact) mass is 841 g/mol. The average molecular weight is 842 g/mol. The maximum Gasteiger partial charge on any atom is 0.0641 e. The van der Waals surface area contributed by atoms with Gasteiger partial charge in [0.15, 0.2) is 0 Å². The van der Waals surface area contributed by atoms with Crippen LogP contribution in [-0.4, -0.2) is 4.40 Å². The Kier molecular flexibility index (Phi) is 7.74. The van der Waals surface area contributed by atoms with Crippen LogP contribution >= 0.6 is 0 Å². The molecule has 2 aromatic heterocycles. The minimum atomic E-state index is -0.214. The normalized spacial score (nSPS) is 13.1. The number of aromatic nitrogens is 1. The molecule has 2 heterocycles. The highest BCUT2D eigenvalue weighted by atomic mass is 15.2. The molecule has 0 fully saturated rings. The number of anilines is 6. The Morgan fingerprint density at radius 1 is 0.348 bits per heavy atom. The van der Waals surface area contributed by atoms with Crippen molar-refractivity contribution < 1.29 is 0 Å². The maximum atomic E-state index is 2.54. The van der Waals surface area contributed by atoms with Gasteiger partial charge in [-0.05, 0) is 117 Å². The van der Waals surface area contributed by atoms with Gasteiger partial charge in [-0.15, -0.1) is 0 Å². The van der Waals surface area contributed by atoms with E-state index in [1.54, 1.807) is 0 Å². The molecule has 0 aliphatic heterocycles. The van der Waals surface area contributed by atoms with Crippen LogP contribution in [0.3, 0.4) is 0 Å². The molecular formula is C63H43N3. The van der Waals surface area contributed by atoms with Gasteiger partial charge in [-0.1, -0.05) is 166 Å². The number of hydrogen-bond acceptors (Lipinski definition) is 2. The van der Waals surface area contributed by atoms with Gasteiger partial charge in [0.25, 0.3) is 0 Å². The summed E-state index contributed by atoms with van der Waals surface area (Å²) in [5, 5.41) is 12.5. The Morgan fingerprint density at radius 3 is 1.67 bits per heavy atom. The molecule has 3 heteroatoms. The van der Waals surface area contributed by atoms with Gasteiger partial charge >= 0.3 is 0 Å². The minimum Gasteiger partial charge on any atom is -0.310 e. The second-order valence-electron chi connectivity index (χ2n) is 18.5. The molecule has 14 rings (SSSR count). The first-order chi connectivity index (χ1) is 32.5. The van der Waals surface area contributed by atoms with E-state index >= 15 is 0 Å². The van der Waals surface area contributed by atoms with Crippen LogP contribution in [-0.2, 0) is 5.41 Å². The molecule has 13 aromatic rings. The molecule has 0 atom stereocenters. The predicted octanol–water partition coefficient (Wildman–Crippen LogP) is 17.5. The number of hydrogen-bond donors (Lipinski definition) is 0. The molecule has 66 heavy (non-hydrogen) atoms. The molecule has 0 saturated carbocycles. The summed E-state index contributed by atoms with van der Waals surface area (Å²) in [4.78, 5) is 4.90. The summed E-state index contributed by atoms with van der Waals surface area (Å²) in [6, 6.07) is 83.0. The Bertz CT molecular complexity index is 4080. The maximum absolute atomic E-state index is 2.54. The number of para-hydroxylation sites is 3. The molecule has 1 aliphatic carbocycles. The summed E-state index contributed by atoms with van der Waals surface area (Å²) in [6.07, 6.45) is 0. The van der Waals surface area contributed by atoms with Crippen molar-refractivity contribution in [2.75, 3.05) is 9.80 Å². The van der Waals surface area contributed by atoms with E-state index in [1.807, 2.05) is 0 Å². The van der Waals surface area contributed by atoms with E-state index in [0.29, 0.717) is 0 Å². The molecular weight excluding hydrogens is 799 g/mol. The van der Waals surface area contributed by atoms with Crippen molar-refractivity contribution in [2.45, 2.75) is 19.3 Å². The van der Waals surface area contributed by atoms with Crippen LogP contribution < -0.4 is 9.80 Å². The molecule has 3 nitrogen and oxygen atoms in total. The Labute approximate surface area is 383 Å². The standard InChI is InChI=1S/C63H43N3/c1-63(2)53-35-31-42-37-59-52(39-51(42)60(53)49-33-32-45(38-54(49)63)64(43-21-5-3-6-22-43)55-29-15-19-40-17-9-11-25-46(40)55)48-34-36-58(61-50-27-13-14-28-57(50)66(59)62(48)61)65(44-23-7-4-8-24-44)56-30-16-20-41-18-10-12-26-47(41)56/h3-39H,1-2H3. The lowest BCUT2D eigenvalue weighted by Gasteiger charge is -2.29. The summed E-state index contributed by atoms with van der Waals surface area (Å²) in [5.74, 6) is 0. The summed E-state index contributed by atoms with van der Waals surface area (Å²) in [5.41, 5.74) is 15.8. The van der Waals surface area contributed by atoms with E-state index in [0.717, 1.165) is 22.7 Å². The molecule has 0 unspecified atom stereocenters. The molecule has 0 spiro atoms. The smallest absolute Gasteiger partial charge is 0.0641 e. The fourth-order valence-corrected chi connectivity index (χ4v) is 11.7. The molecule has 1 aliphatic rings. The number of benzene rings is 11. The van der Waals surface area contributed by atoms with E-state index in [9.17, 15) is 0 Å². The largest absolute Gasteiger partial charge is 0.310 e. The molecule has 0 radical (unpaired) electrons. The van der Waals surface area contributed by atoms with Crippen LogP contribution in [0, 0.1) is 0 Å². The zero-order valence-corrected chi connectivity index (χ0v) is 36.7. The van der Waals surface area contributed by atoms with E-state index < -0.39 is 0 Å². The quantitative estimate of drug-likeness (QED) is 0.165. The summed E-state index contributed by atoms with van der Waals surface area (Å²) >= 11 is 0. The van der Waals surface area contributed by atoms with Crippen molar-refractivity contribution in [2.24, 2.45) is 0 Å². The SMILES string of the molecule is CC1(C)c2cc(N(c3ccccc3)c3cccc4ccccc34)ccc2-c2c1ccc1cc3c(cc21)c1ccc(N(c2ccccc2)c2cccc4ccccc24)c2c4ccccc4n3c12. The predicted molar refractivity (Wildman–Crippen MR) is 281 cm³/mol. The lowest BCUT2D eigenvalue weighted by molar-refractivity contribution is 0.661. The molecule has 0 saturated heterocycles. The molecule has 310 valence electrons. The van der Waals surface area contributed by atoms with Crippen molar-refractivity contribution in [3.63, 3.8) is 0 Å². The second-order valence-corrected chi connectivity index (χ2v) is 18.5. The lowest BCUT2D eigenvalue weighted by Crippen LogP contribution is -2.16. The minimum absolute atomic E-state index is 0.214. The Morgan fingerprint density at radius 2 is 0.955 bits per heavy atom. The van der Waals surface area contributed by atoms with Gasteiger partial charge in [-0.2, -0.15) is 0 Å². The van der Waals surface area contributed by atoms with Gasteiger partial charge in [-0.3, -0.25) is 0 Å². The number of fused-ring (bicyclic) bond motifs is 13. The van der Waals surface area contributed by atoms with Crippen LogP contribution in [0.25, 0.3) is 81.5 Å². The summed E-state index contributed by atoms with van der Waals surface area (Å²) in [6.45, 7) is 4.81. The fourth-order valence-electron chi connectivity index (χ4n) is 11.7. The van der Waals surface area contributed by atoms with Crippen molar-refractivity contribution in [3.8, 4) is 11.1 Å². The van der Waals surface area contributed by atoms with Crippen molar-refractivity contribution >= 4 is 105 Å².